The Kier molecular flexibility index (Phi) is 4.73. The van der Waals surface area contributed by atoms with Gasteiger partial charge >= 0.3 is 0 Å². The molecule has 0 atom stereocenters. The second kappa shape index (κ2) is 7.69. The van der Waals surface area contributed by atoms with Crippen LogP contribution in [0, 0.1) is 0 Å². The van der Waals surface area contributed by atoms with Crippen LogP contribution in [0.4, 0.5) is 0 Å². The van der Waals surface area contributed by atoms with E-state index in [1.807, 2.05) is 79.0 Å². The SMILES string of the molecule is COc1ccc(-n2nc3c(cnc4ccccc43)c2OCc2ccccc2Cl)cc1. The van der Waals surface area contributed by atoms with Gasteiger partial charge in [-0.05, 0) is 36.4 Å². The molecule has 0 spiro atoms. The van der Waals surface area contributed by atoms with E-state index in [1.165, 1.54) is 0 Å². The molecule has 148 valence electrons. The average molecular weight is 416 g/mol. The third-order valence-corrected chi connectivity index (χ3v) is 5.38. The van der Waals surface area contributed by atoms with Crippen molar-refractivity contribution in [3.05, 3.63) is 89.6 Å². The summed E-state index contributed by atoms with van der Waals surface area (Å²) >= 11 is 6.32. The van der Waals surface area contributed by atoms with Crippen LogP contribution in [0.1, 0.15) is 5.56 Å². The van der Waals surface area contributed by atoms with Crippen LogP contribution in [-0.4, -0.2) is 21.9 Å². The van der Waals surface area contributed by atoms with E-state index in [9.17, 15) is 0 Å². The van der Waals surface area contributed by atoms with Crippen molar-refractivity contribution in [2.75, 3.05) is 7.11 Å². The molecule has 0 aliphatic rings. The molecule has 0 amide bonds. The Labute approximate surface area is 178 Å². The van der Waals surface area contributed by atoms with Crippen molar-refractivity contribution >= 4 is 33.4 Å². The lowest BCUT2D eigenvalue weighted by Crippen LogP contribution is -2.04. The lowest BCUT2D eigenvalue weighted by Gasteiger charge is -2.11. The fraction of sp³-hybridized carbons (Fsp3) is 0.0833. The molecule has 0 bridgehead atoms. The highest BCUT2D eigenvalue weighted by Gasteiger charge is 2.18. The van der Waals surface area contributed by atoms with Crippen LogP contribution < -0.4 is 9.47 Å². The standard InChI is InChI=1S/C24H18ClN3O2/c1-29-18-12-10-17(11-13-18)28-24(30-15-16-6-2-4-8-21(16)25)20-14-26-22-9-5-3-7-19(22)23(20)27-28/h2-14H,15H2,1H3. The fourth-order valence-electron chi connectivity index (χ4n) is 3.45. The van der Waals surface area contributed by atoms with Crippen LogP contribution in [0.2, 0.25) is 5.02 Å². The number of methoxy groups -OCH3 is 1. The maximum absolute atomic E-state index is 6.32. The predicted molar refractivity (Wildman–Crippen MR) is 119 cm³/mol. The number of benzene rings is 3. The maximum atomic E-state index is 6.32. The molecule has 0 saturated carbocycles. The van der Waals surface area contributed by atoms with E-state index in [0.717, 1.165) is 38.8 Å². The number of aromatic nitrogens is 3. The summed E-state index contributed by atoms with van der Waals surface area (Å²) in [6.07, 6.45) is 1.81. The number of fused-ring (bicyclic) bond motifs is 3. The van der Waals surface area contributed by atoms with Gasteiger partial charge in [0.25, 0.3) is 0 Å². The van der Waals surface area contributed by atoms with Gasteiger partial charge in [0, 0.05) is 22.2 Å². The summed E-state index contributed by atoms with van der Waals surface area (Å²) in [5, 5.41) is 7.37. The summed E-state index contributed by atoms with van der Waals surface area (Å²) in [5.41, 5.74) is 3.50. The van der Waals surface area contributed by atoms with Crippen LogP contribution in [-0.2, 0) is 6.61 Å². The number of hydrogen-bond acceptors (Lipinski definition) is 4. The monoisotopic (exact) mass is 415 g/mol. The van der Waals surface area contributed by atoms with Gasteiger partial charge in [-0.2, -0.15) is 9.78 Å². The number of hydrogen-bond donors (Lipinski definition) is 0. The van der Waals surface area contributed by atoms with Gasteiger partial charge < -0.3 is 9.47 Å². The lowest BCUT2D eigenvalue weighted by atomic mass is 10.2. The number of halogens is 1. The van der Waals surface area contributed by atoms with Crippen LogP contribution in [0.3, 0.4) is 0 Å². The highest BCUT2D eigenvalue weighted by Crippen LogP contribution is 2.33. The zero-order valence-electron chi connectivity index (χ0n) is 16.2. The summed E-state index contributed by atoms with van der Waals surface area (Å²) in [6, 6.07) is 23.3. The van der Waals surface area contributed by atoms with E-state index in [4.69, 9.17) is 26.2 Å². The molecule has 0 saturated heterocycles. The van der Waals surface area contributed by atoms with Crippen molar-refractivity contribution in [1.82, 2.24) is 14.8 Å². The number of para-hydroxylation sites is 1. The smallest absolute Gasteiger partial charge is 0.226 e. The number of ether oxygens (including phenoxy) is 2. The minimum absolute atomic E-state index is 0.323. The molecular formula is C24H18ClN3O2. The third-order valence-electron chi connectivity index (χ3n) is 5.01. The summed E-state index contributed by atoms with van der Waals surface area (Å²) in [6.45, 7) is 0.323. The van der Waals surface area contributed by atoms with Crippen LogP contribution in [0.5, 0.6) is 11.6 Å². The molecule has 5 rings (SSSR count). The molecule has 5 nitrogen and oxygen atoms in total. The van der Waals surface area contributed by atoms with Gasteiger partial charge in [-0.25, -0.2) is 0 Å². The first-order chi connectivity index (χ1) is 14.7. The van der Waals surface area contributed by atoms with Gasteiger partial charge in [0.05, 0.1) is 23.7 Å². The Morgan fingerprint density at radius 3 is 2.47 bits per heavy atom. The molecule has 0 N–H and O–H groups in total. The first-order valence-electron chi connectivity index (χ1n) is 9.52. The van der Waals surface area contributed by atoms with Gasteiger partial charge in [0.15, 0.2) is 0 Å². The Hall–Kier alpha value is -3.57. The molecule has 0 radical (unpaired) electrons. The van der Waals surface area contributed by atoms with Gasteiger partial charge in [-0.3, -0.25) is 4.98 Å². The Morgan fingerprint density at radius 2 is 1.67 bits per heavy atom. The highest BCUT2D eigenvalue weighted by atomic mass is 35.5. The first kappa shape index (κ1) is 18.5. The molecule has 0 aliphatic heterocycles. The van der Waals surface area contributed by atoms with E-state index in [0.29, 0.717) is 17.5 Å². The van der Waals surface area contributed by atoms with Crippen molar-refractivity contribution in [2.45, 2.75) is 6.61 Å². The second-order valence-corrected chi connectivity index (χ2v) is 7.24. The second-order valence-electron chi connectivity index (χ2n) is 6.83. The lowest BCUT2D eigenvalue weighted by molar-refractivity contribution is 0.288. The normalized spacial score (nSPS) is 11.1. The Bertz CT molecular complexity index is 1350. The molecule has 3 aromatic carbocycles. The van der Waals surface area contributed by atoms with Crippen LogP contribution in [0.25, 0.3) is 27.5 Å². The number of nitrogens with zero attached hydrogens (tertiary/aromatic N) is 3. The topological polar surface area (TPSA) is 49.2 Å². The summed E-state index contributed by atoms with van der Waals surface area (Å²) in [7, 11) is 1.65. The third kappa shape index (κ3) is 3.23. The Balaban J connectivity index is 1.67. The van der Waals surface area contributed by atoms with E-state index < -0.39 is 0 Å². The fourth-order valence-corrected chi connectivity index (χ4v) is 3.64. The predicted octanol–water partition coefficient (Wildman–Crippen LogP) is 5.81. The molecule has 0 aliphatic carbocycles. The molecular weight excluding hydrogens is 398 g/mol. The van der Waals surface area contributed by atoms with Crippen molar-refractivity contribution < 1.29 is 9.47 Å². The van der Waals surface area contributed by atoms with E-state index in [1.54, 1.807) is 11.8 Å². The molecule has 0 fully saturated rings. The summed E-state index contributed by atoms with van der Waals surface area (Å²) < 4.78 is 13.3. The summed E-state index contributed by atoms with van der Waals surface area (Å²) in [4.78, 5) is 4.60. The largest absolute Gasteiger partial charge is 0.497 e. The molecule has 0 unspecified atom stereocenters. The van der Waals surface area contributed by atoms with Gasteiger partial charge in [0.1, 0.15) is 17.9 Å². The minimum atomic E-state index is 0.323. The first-order valence-corrected chi connectivity index (χ1v) is 9.89. The van der Waals surface area contributed by atoms with E-state index >= 15 is 0 Å². The highest BCUT2D eigenvalue weighted by molar-refractivity contribution is 6.31. The van der Waals surface area contributed by atoms with Gasteiger partial charge in [0.2, 0.25) is 5.88 Å². The molecule has 5 aromatic rings. The zero-order chi connectivity index (χ0) is 20.5. The molecule has 2 heterocycles. The van der Waals surface area contributed by atoms with E-state index in [2.05, 4.69) is 4.98 Å². The van der Waals surface area contributed by atoms with Gasteiger partial charge in [-0.1, -0.05) is 48.0 Å². The van der Waals surface area contributed by atoms with Crippen LogP contribution in [0.15, 0.2) is 79.0 Å². The van der Waals surface area contributed by atoms with Crippen LogP contribution >= 0.6 is 11.6 Å². The number of rotatable bonds is 5. The molecule has 30 heavy (non-hydrogen) atoms. The van der Waals surface area contributed by atoms with Crippen molar-refractivity contribution in [3.8, 4) is 17.3 Å². The number of pyridine rings is 1. The zero-order valence-corrected chi connectivity index (χ0v) is 17.0. The van der Waals surface area contributed by atoms with Crippen molar-refractivity contribution in [3.63, 3.8) is 0 Å². The maximum Gasteiger partial charge on any atom is 0.226 e. The van der Waals surface area contributed by atoms with E-state index in [-0.39, 0.29) is 0 Å². The quantitative estimate of drug-likeness (QED) is 0.363. The summed E-state index contributed by atoms with van der Waals surface area (Å²) in [5.74, 6) is 1.40. The average Bonchev–Trinajstić information content (AvgIpc) is 3.17. The molecule has 2 aromatic heterocycles. The molecule has 6 heteroatoms. The van der Waals surface area contributed by atoms with Crippen molar-refractivity contribution in [2.24, 2.45) is 0 Å². The van der Waals surface area contributed by atoms with Gasteiger partial charge in [-0.15, -0.1) is 0 Å². The Morgan fingerprint density at radius 1 is 0.900 bits per heavy atom. The minimum Gasteiger partial charge on any atom is -0.497 e. The van der Waals surface area contributed by atoms with Crippen molar-refractivity contribution in [1.29, 1.82) is 0 Å².